The zero-order valence-corrected chi connectivity index (χ0v) is 8.18. The topological polar surface area (TPSA) is 21.3 Å². The normalized spacial score (nSPS) is 15.2. The van der Waals surface area contributed by atoms with E-state index in [1.165, 1.54) is 11.3 Å². The van der Waals surface area contributed by atoms with E-state index in [4.69, 9.17) is 4.74 Å². The van der Waals surface area contributed by atoms with Gasteiger partial charge in [-0.15, -0.1) is 0 Å². The molecule has 0 bridgehead atoms. The maximum Gasteiger partial charge on any atom is 0.107 e. The van der Waals surface area contributed by atoms with Crippen LogP contribution in [0, 0.1) is 11.8 Å². The molecule has 0 saturated carbocycles. The van der Waals surface area contributed by atoms with Gasteiger partial charge in [-0.2, -0.15) is 0 Å². The summed E-state index contributed by atoms with van der Waals surface area (Å²) in [4.78, 5) is 0. The molecule has 0 radical (unpaired) electrons. The van der Waals surface area contributed by atoms with E-state index in [0.717, 1.165) is 12.8 Å². The van der Waals surface area contributed by atoms with Crippen molar-refractivity contribution in [3.05, 3.63) is 23.4 Å². The quantitative estimate of drug-likeness (QED) is 0.645. The molecule has 70 valence electrons. The van der Waals surface area contributed by atoms with Crippen molar-refractivity contribution in [2.45, 2.75) is 12.8 Å². The Morgan fingerprint density at radius 2 is 2.31 bits per heavy atom. The Labute approximate surface area is 79.7 Å². The minimum absolute atomic E-state index is 0.514. The average Bonchev–Trinajstić information content (AvgIpc) is 2.19. The molecule has 0 aliphatic heterocycles. The molecule has 0 spiro atoms. The molecule has 1 rings (SSSR count). The summed E-state index contributed by atoms with van der Waals surface area (Å²) in [5.41, 5.74) is 2.47. The summed E-state index contributed by atoms with van der Waals surface area (Å²) < 4.78 is 4.85. The molecule has 0 aromatic carbocycles. The monoisotopic (exact) mass is 177 g/mol. The minimum Gasteiger partial charge on any atom is -0.391 e. The third kappa shape index (κ3) is 3.35. The largest absolute Gasteiger partial charge is 0.391 e. The van der Waals surface area contributed by atoms with Crippen LogP contribution in [0.25, 0.3) is 0 Å². The Morgan fingerprint density at radius 3 is 2.85 bits per heavy atom. The van der Waals surface area contributed by atoms with Crippen molar-refractivity contribution in [3.8, 4) is 11.8 Å². The van der Waals surface area contributed by atoms with Gasteiger partial charge in [0.25, 0.3) is 0 Å². The Morgan fingerprint density at radius 1 is 1.46 bits per heavy atom. The Bertz CT molecular complexity index is 278. The van der Waals surface area contributed by atoms with Gasteiger partial charge in [-0.3, -0.25) is 0 Å². The summed E-state index contributed by atoms with van der Waals surface area (Å²) in [6.07, 6.45) is 6.24. The molecule has 2 heteroatoms. The molecule has 1 aliphatic carbocycles. The number of methoxy groups -OCH3 is 1. The minimum atomic E-state index is 0.514. The molecule has 1 aliphatic rings. The molecule has 1 N–H and O–H groups in total. The fraction of sp³-hybridized carbons (Fsp3) is 0.455. The lowest BCUT2D eigenvalue weighted by Crippen LogP contribution is -2.07. The second kappa shape index (κ2) is 5.45. The number of hydrogen-bond donors (Lipinski definition) is 1. The van der Waals surface area contributed by atoms with Gasteiger partial charge in [-0.1, -0.05) is 11.8 Å². The van der Waals surface area contributed by atoms with Crippen LogP contribution in [0.4, 0.5) is 0 Å². The number of hydrogen-bond acceptors (Lipinski definition) is 2. The van der Waals surface area contributed by atoms with Crippen LogP contribution in [0.5, 0.6) is 0 Å². The van der Waals surface area contributed by atoms with Crippen molar-refractivity contribution in [3.63, 3.8) is 0 Å². The van der Waals surface area contributed by atoms with Crippen molar-refractivity contribution in [1.29, 1.82) is 0 Å². The highest BCUT2D eigenvalue weighted by Crippen LogP contribution is 2.14. The molecule has 2 nitrogen and oxygen atoms in total. The lowest BCUT2D eigenvalue weighted by molar-refractivity contribution is 0.240. The second-order valence-electron chi connectivity index (χ2n) is 2.87. The van der Waals surface area contributed by atoms with Crippen molar-refractivity contribution in [1.82, 2.24) is 5.32 Å². The van der Waals surface area contributed by atoms with Gasteiger partial charge in [0, 0.05) is 25.4 Å². The molecule has 0 heterocycles. The third-order valence-corrected chi connectivity index (χ3v) is 1.94. The molecule has 0 atom stereocenters. The van der Waals surface area contributed by atoms with Crippen LogP contribution in [0.15, 0.2) is 23.4 Å². The van der Waals surface area contributed by atoms with Gasteiger partial charge in [-0.05, 0) is 25.0 Å². The lowest BCUT2D eigenvalue weighted by atomic mass is 10.0. The maximum absolute atomic E-state index is 4.85. The predicted octanol–water partition coefficient (Wildman–Crippen LogP) is 1.46. The van der Waals surface area contributed by atoms with Crippen LogP contribution in [0.3, 0.4) is 0 Å². The summed E-state index contributed by atoms with van der Waals surface area (Å²) in [6, 6.07) is 0. The van der Waals surface area contributed by atoms with Crippen LogP contribution in [-0.2, 0) is 4.74 Å². The molecular formula is C11H15NO. The van der Waals surface area contributed by atoms with Crippen molar-refractivity contribution < 1.29 is 4.74 Å². The number of allylic oxidation sites excluding steroid dienone is 4. The first-order valence-corrected chi connectivity index (χ1v) is 4.42. The van der Waals surface area contributed by atoms with Gasteiger partial charge in [0.15, 0.2) is 0 Å². The number of nitrogens with one attached hydrogen (secondary N) is 1. The van der Waals surface area contributed by atoms with Gasteiger partial charge in [-0.25, -0.2) is 0 Å². The second-order valence-corrected chi connectivity index (χ2v) is 2.87. The van der Waals surface area contributed by atoms with Crippen molar-refractivity contribution >= 4 is 0 Å². The third-order valence-electron chi connectivity index (χ3n) is 1.94. The molecule has 0 aromatic heterocycles. The first-order valence-electron chi connectivity index (χ1n) is 4.42. The number of ether oxygens (including phenoxy) is 1. The smallest absolute Gasteiger partial charge is 0.107 e. The van der Waals surface area contributed by atoms with Crippen molar-refractivity contribution in [2.75, 3.05) is 20.8 Å². The fourth-order valence-corrected chi connectivity index (χ4v) is 1.17. The SMILES string of the molecule is CNC1=CC=C(C#CCOC)CC1. The molecule has 0 amide bonds. The molecular weight excluding hydrogens is 162 g/mol. The molecule has 0 fully saturated rings. The Hall–Kier alpha value is -1.20. The highest BCUT2D eigenvalue weighted by atomic mass is 16.5. The van der Waals surface area contributed by atoms with Gasteiger partial charge >= 0.3 is 0 Å². The number of rotatable bonds is 2. The van der Waals surface area contributed by atoms with Crippen molar-refractivity contribution in [2.24, 2.45) is 0 Å². The van der Waals surface area contributed by atoms with E-state index in [9.17, 15) is 0 Å². The lowest BCUT2D eigenvalue weighted by Gasteiger charge is -2.09. The highest BCUT2D eigenvalue weighted by Gasteiger charge is 2.01. The van der Waals surface area contributed by atoms with E-state index < -0.39 is 0 Å². The highest BCUT2D eigenvalue weighted by molar-refractivity contribution is 5.36. The van der Waals surface area contributed by atoms with Crippen LogP contribution in [-0.4, -0.2) is 20.8 Å². The van der Waals surface area contributed by atoms with Crippen LogP contribution in [0.1, 0.15) is 12.8 Å². The zero-order chi connectivity index (χ0) is 9.52. The molecule has 0 saturated heterocycles. The fourth-order valence-electron chi connectivity index (χ4n) is 1.17. The van der Waals surface area contributed by atoms with E-state index >= 15 is 0 Å². The Kier molecular flexibility index (Phi) is 4.14. The summed E-state index contributed by atoms with van der Waals surface area (Å²) in [6.45, 7) is 0.514. The van der Waals surface area contributed by atoms with Gasteiger partial charge < -0.3 is 10.1 Å². The summed E-state index contributed by atoms with van der Waals surface area (Å²) in [7, 11) is 3.60. The Balaban J connectivity index is 2.51. The van der Waals surface area contributed by atoms with Crippen LogP contribution >= 0.6 is 0 Å². The molecule has 0 unspecified atom stereocenters. The van der Waals surface area contributed by atoms with Crippen LogP contribution in [0.2, 0.25) is 0 Å². The molecule has 13 heavy (non-hydrogen) atoms. The van der Waals surface area contributed by atoms with E-state index in [1.54, 1.807) is 7.11 Å². The maximum atomic E-state index is 4.85. The van der Waals surface area contributed by atoms with E-state index in [-0.39, 0.29) is 0 Å². The first-order chi connectivity index (χ1) is 6.36. The van der Waals surface area contributed by atoms with E-state index in [0.29, 0.717) is 6.61 Å². The predicted molar refractivity (Wildman–Crippen MR) is 54.1 cm³/mol. The molecule has 0 aromatic rings. The van der Waals surface area contributed by atoms with Gasteiger partial charge in [0.05, 0.1) is 0 Å². The van der Waals surface area contributed by atoms with Gasteiger partial charge in [0.1, 0.15) is 6.61 Å². The standard InChI is InChI=1S/C11H15NO/c1-12-11-7-5-10(6-8-11)4-3-9-13-2/h5,7,12H,6,8-9H2,1-2H3. The van der Waals surface area contributed by atoms with Gasteiger partial charge in [0.2, 0.25) is 0 Å². The average molecular weight is 177 g/mol. The van der Waals surface area contributed by atoms with E-state index in [1.807, 2.05) is 7.05 Å². The first kappa shape index (κ1) is 9.88. The van der Waals surface area contributed by atoms with E-state index in [2.05, 4.69) is 29.3 Å². The van der Waals surface area contributed by atoms with Crippen LogP contribution < -0.4 is 5.32 Å². The zero-order valence-electron chi connectivity index (χ0n) is 8.18. The summed E-state index contributed by atoms with van der Waals surface area (Å²) >= 11 is 0. The summed E-state index contributed by atoms with van der Waals surface area (Å²) in [5, 5.41) is 3.14. The summed E-state index contributed by atoms with van der Waals surface area (Å²) in [5.74, 6) is 6.03.